The summed E-state index contributed by atoms with van der Waals surface area (Å²) in [5.41, 5.74) is 0.0633. The van der Waals surface area contributed by atoms with Crippen LogP contribution in [0.3, 0.4) is 0 Å². The molecule has 2 aromatic heterocycles. The van der Waals surface area contributed by atoms with Crippen LogP contribution < -0.4 is 10.6 Å². The fraction of sp³-hybridized carbons (Fsp3) is 0.562. The average molecular weight is 462 g/mol. The third-order valence-electron chi connectivity index (χ3n) is 3.65. The zero-order chi connectivity index (χ0) is 16.7. The Labute approximate surface area is 165 Å². The van der Waals surface area contributed by atoms with Crippen LogP contribution in [0, 0.1) is 0 Å². The molecule has 0 bridgehead atoms. The van der Waals surface area contributed by atoms with Gasteiger partial charge in [0.05, 0.1) is 0 Å². The average Bonchev–Trinajstić information content (AvgIpc) is 3.20. The maximum absolute atomic E-state index is 4.62. The van der Waals surface area contributed by atoms with E-state index < -0.39 is 0 Å². The fourth-order valence-corrected chi connectivity index (χ4v) is 3.06. The quantitative estimate of drug-likeness (QED) is 0.377. The van der Waals surface area contributed by atoms with Crippen LogP contribution in [-0.4, -0.2) is 33.8 Å². The summed E-state index contributed by atoms with van der Waals surface area (Å²) in [5.74, 6) is 1.69. The molecule has 0 aliphatic rings. The molecule has 2 heterocycles. The summed E-state index contributed by atoms with van der Waals surface area (Å²) in [5, 5.41) is 16.9. The SMILES string of the molecule is CCNC(=NCc1nncn1CC)NCC(C)(C)c1cccs1.I. The van der Waals surface area contributed by atoms with Crippen LogP contribution in [-0.2, 0) is 18.5 Å². The minimum atomic E-state index is 0. The highest BCUT2D eigenvalue weighted by atomic mass is 127. The highest BCUT2D eigenvalue weighted by Gasteiger charge is 2.21. The predicted molar refractivity (Wildman–Crippen MR) is 111 cm³/mol. The first-order valence-electron chi connectivity index (χ1n) is 7.99. The first-order chi connectivity index (χ1) is 11.1. The second kappa shape index (κ2) is 9.97. The maximum Gasteiger partial charge on any atom is 0.191 e. The number of halogens is 1. The normalized spacial score (nSPS) is 11.9. The summed E-state index contributed by atoms with van der Waals surface area (Å²) in [7, 11) is 0. The lowest BCUT2D eigenvalue weighted by atomic mass is 9.91. The molecule has 2 aromatic rings. The van der Waals surface area contributed by atoms with E-state index in [1.807, 2.05) is 4.57 Å². The zero-order valence-corrected chi connectivity index (χ0v) is 17.9. The number of rotatable bonds is 7. The van der Waals surface area contributed by atoms with Crippen LogP contribution in [0.15, 0.2) is 28.8 Å². The van der Waals surface area contributed by atoms with Crippen LogP contribution in [0.4, 0.5) is 0 Å². The number of thiophene rings is 1. The van der Waals surface area contributed by atoms with Gasteiger partial charge < -0.3 is 15.2 Å². The van der Waals surface area contributed by atoms with Crippen LogP contribution in [0.5, 0.6) is 0 Å². The van der Waals surface area contributed by atoms with Gasteiger partial charge in [-0.3, -0.25) is 0 Å². The molecule has 0 aliphatic carbocycles. The Kier molecular flexibility index (Phi) is 8.68. The molecule has 0 amide bonds. The highest BCUT2D eigenvalue weighted by Crippen LogP contribution is 2.26. The topological polar surface area (TPSA) is 67.1 Å². The molecule has 0 radical (unpaired) electrons. The van der Waals surface area contributed by atoms with Gasteiger partial charge in [-0.1, -0.05) is 19.9 Å². The smallest absolute Gasteiger partial charge is 0.191 e. The number of nitrogens with one attached hydrogen (secondary N) is 2. The summed E-state index contributed by atoms with van der Waals surface area (Å²) >= 11 is 1.79. The molecule has 0 aromatic carbocycles. The number of nitrogens with zero attached hydrogens (tertiary/aromatic N) is 4. The van der Waals surface area contributed by atoms with Crippen molar-refractivity contribution in [2.24, 2.45) is 4.99 Å². The Hall–Kier alpha value is -1.16. The van der Waals surface area contributed by atoms with E-state index in [-0.39, 0.29) is 29.4 Å². The van der Waals surface area contributed by atoms with Crippen molar-refractivity contribution in [2.45, 2.75) is 46.2 Å². The molecule has 0 unspecified atom stereocenters. The van der Waals surface area contributed by atoms with Crippen molar-refractivity contribution in [3.63, 3.8) is 0 Å². The lowest BCUT2D eigenvalue weighted by molar-refractivity contribution is 0.518. The van der Waals surface area contributed by atoms with E-state index in [4.69, 9.17) is 0 Å². The molecule has 0 fully saturated rings. The van der Waals surface area contributed by atoms with Gasteiger partial charge in [-0.15, -0.1) is 45.5 Å². The van der Waals surface area contributed by atoms with Crippen LogP contribution >= 0.6 is 35.3 Å². The zero-order valence-electron chi connectivity index (χ0n) is 14.7. The minimum absolute atomic E-state index is 0. The molecule has 0 saturated carbocycles. The van der Waals surface area contributed by atoms with Crippen molar-refractivity contribution in [1.82, 2.24) is 25.4 Å². The van der Waals surface area contributed by atoms with Crippen molar-refractivity contribution in [2.75, 3.05) is 13.1 Å². The molecule has 134 valence electrons. The number of hydrogen-bond donors (Lipinski definition) is 2. The van der Waals surface area contributed by atoms with Gasteiger partial charge in [-0.25, -0.2) is 4.99 Å². The van der Waals surface area contributed by atoms with E-state index in [0.717, 1.165) is 31.4 Å². The van der Waals surface area contributed by atoms with E-state index in [0.29, 0.717) is 6.54 Å². The molecule has 6 nitrogen and oxygen atoms in total. The summed E-state index contributed by atoms with van der Waals surface area (Å²) in [6.45, 7) is 11.6. The Morgan fingerprint density at radius 1 is 1.33 bits per heavy atom. The van der Waals surface area contributed by atoms with Crippen molar-refractivity contribution in [3.05, 3.63) is 34.5 Å². The third-order valence-corrected chi connectivity index (χ3v) is 4.88. The van der Waals surface area contributed by atoms with E-state index in [9.17, 15) is 0 Å². The molecular weight excluding hydrogens is 435 g/mol. The van der Waals surface area contributed by atoms with Crippen molar-refractivity contribution in [3.8, 4) is 0 Å². The van der Waals surface area contributed by atoms with Gasteiger partial charge in [0, 0.05) is 29.9 Å². The molecule has 0 spiro atoms. The van der Waals surface area contributed by atoms with Gasteiger partial charge in [0.25, 0.3) is 0 Å². The number of hydrogen-bond acceptors (Lipinski definition) is 4. The Balaban J connectivity index is 0.00000288. The van der Waals surface area contributed by atoms with Gasteiger partial charge in [-0.2, -0.15) is 0 Å². The lowest BCUT2D eigenvalue weighted by Crippen LogP contribution is -2.43. The Morgan fingerprint density at radius 2 is 2.12 bits per heavy atom. The Bertz CT molecular complexity index is 620. The minimum Gasteiger partial charge on any atom is -0.357 e. The Morgan fingerprint density at radius 3 is 2.75 bits per heavy atom. The summed E-state index contributed by atoms with van der Waals surface area (Å²) < 4.78 is 2.00. The number of aryl methyl sites for hydroxylation is 1. The number of aliphatic imine (C=N–C) groups is 1. The maximum atomic E-state index is 4.62. The van der Waals surface area contributed by atoms with Crippen molar-refractivity contribution >= 4 is 41.3 Å². The van der Waals surface area contributed by atoms with E-state index >= 15 is 0 Å². The number of aromatic nitrogens is 3. The molecular formula is C16H27IN6S. The third kappa shape index (κ3) is 5.73. The molecule has 2 N–H and O–H groups in total. The highest BCUT2D eigenvalue weighted by molar-refractivity contribution is 14.0. The summed E-state index contributed by atoms with van der Waals surface area (Å²) in [6.07, 6.45) is 1.74. The molecule has 0 saturated heterocycles. The largest absolute Gasteiger partial charge is 0.357 e. The molecule has 0 atom stereocenters. The van der Waals surface area contributed by atoms with Gasteiger partial charge >= 0.3 is 0 Å². The fourth-order valence-electron chi connectivity index (χ4n) is 2.21. The van der Waals surface area contributed by atoms with E-state index in [2.05, 4.69) is 71.0 Å². The van der Waals surface area contributed by atoms with Crippen molar-refractivity contribution in [1.29, 1.82) is 0 Å². The summed E-state index contributed by atoms with van der Waals surface area (Å²) in [6, 6.07) is 4.28. The van der Waals surface area contributed by atoms with Crippen LogP contribution in [0.2, 0.25) is 0 Å². The second-order valence-electron chi connectivity index (χ2n) is 5.94. The first-order valence-corrected chi connectivity index (χ1v) is 8.87. The first kappa shape index (κ1) is 20.9. The lowest BCUT2D eigenvalue weighted by Gasteiger charge is -2.25. The van der Waals surface area contributed by atoms with Gasteiger partial charge in [0.15, 0.2) is 11.8 Å². The standard InChI is InChI=1S/C16H26N6S.HI/c1-5-17-15(18-10-14-21-20-12-22(14)6-2)19-11-16(3,4)13-8-7-9-23-13;/h7-9,12H,5-6,10-11H2,1-4H3,(H2,17,18,19);1H. The van der Waals surface area contributed by atoms with Crippen molar-refractivity contribution < 1.29 is 0 Å². The second-order valence-corrected chi connectivity index (χ2v) is 6.89. The van der Waals surface area contributed by atoms with Gasteiger partial charge in [0.2, 0.25) is 0 Å². The monoisotopic (exact) mass is 462 g/mol. The number of guanidine groups is 1. The molecule has 24 heavy (non-hydrogen) atoms. The molecule has 2 rings (SSSR count). The van der Waals surface area contributed by atoms with E-state index in [1.54, 1.807) is 17.7 Å². The molecule has 8 heteroatoms. The predicted octanol–water partition coefficient (Wildman–Crippen LogP) is 3.01. The van der Waals surface area contributed by atoms with E-state index in [1.165, 1.54) is 4.88 Å². The molecule has 0 aliphatic heterocycles. The van der Waals surface area contributed by atoms with Crippen LogP contribution in [0.25, 0.3) is 0 Å². The van der Waals surface area contributed by atoms with Gasteiger partial charge in [0.1, 0.15) is 12.9 Å². The van der Waals surface area contributed by atoms with Gasteiger partial charge in [-0.05, 0) is 25.3 Å². The summed E-state index contributed by atoms with van der Waals surface area (Å²) in [4.78, 5) is 5.99. The van der Waals surface area contributed by atoms with Crippen LogP contribution in [0.1, 0.15) is 38.4 Å².